The summed E-state index contributed by atoms with van der Waals surface area (Å²) in [6, 6.07) is 22.5. The van der Waals surface area contributed by atoms with E-state index in [9.17, 15) is 13.2 Å². The van der Waals surface area contributed by atoms with Crippen molar-refractivity contribution in [2.75, 3.05) is 26.0 Å². The largest absolute Gasteiger partial charge is 0.494 e. The van der Waals surface area contributed by atoms with Crippen LogP contribution in [0.3, 0.4) is 0 Å². The molecule has 3 aromatic carbocycles. The monoisotopic (exact) mass is 615 g/mol. The third-order valence-electron chi connectivity index (χ3n) is 6.31. The van der Waals surface area contributed by atoms with Crippen LogP contribution in [-0.4, -0.2) is 56.9 Å². The Balaban J connectivity index is 1.75. The van der Waals surface area contributed by atoms with Crippen LogP contribution >= 0.6 is 15.9 Å². The number of carbonyl (C=O) groups excluding carboxylic acids is 1. The lowest BCUT2D eigenvalue weighted by atomic mass is 9.85. The molecule has 0 spiro atoms. The first kappa shape index (κ1) is 28.8. The van der Waals surface area contributed by atoms with E-state index in [4.69, 9.17) is 19.6 Å². The third-order valence-corrected chi connectivity index (χ3v) is 8.76. The van der Waals surface area contributed by atoms with Crippen LogP contribution in [0.25, 0.3) is 0 Å². The van der Waals surface area contributed by atoms with Gasteiger partial charge < -0.3 is 14.6 Å². The Morgan fingerprint density at radius 1 is 1.08 bits per heavy atom. The number of ether oxygens (including phenoxy) is 2. The minimum Gasteiger partial charge on any atom is -0.494 e. The van der Waals surface area contributed by atoms with Crippen LogP contribution in [0.1, 0.15) is 30.1 Å². The zero-order chi connectivity index (χ0) is 27.9. The molecule has 1 aliphatic rings. The van der Waals surface area contributed by atoms with Crippen molar-refractivity contribution < 1.29 is 27.8 Å². The van der Waals surface area contributed by atoms with Gasteiger partial charge in [0.05, 0.1) is 17.3 Å². The number of nitrogens with one attached hydrogen (secondary N) is 2. The molecule has 0 fully saturated rings. The maximum Gasteiger partial charge on any atom is 0.266 e. The van der Waals surface area contributed by atoms with Gasteiger partial charge in [-0.15, -0.1) is 0 Å². The average Bonchev–Trinajstić information content (AvgIpc) is 3.34. The molecular weight excluding hydrogens is 586 g/mol. The van der Waals surface area contributed by atoms with E-state index in [1.807, 2.05) is 24.3 Å². The normalized spacial score (nSPS) is 18.7. The molecule has 4 rings (SSSR count). The fraction of sp³-hybridized carbons (Fsp3) is 0.286. The van der Waals surface area contributed by atoms with Crippen molar-refractivity contribution in [1.29, 1.82) is 0 Å². The molecule has 0 saturated carbocycles. The standard InChI is InChI=1S/C28H30BrN3O6S/c1-30-32-27(34)28(16-19-39(35,36)22-8-3-2-4-9-22)25(23-10-5-6-11-24(23)29)38-26(31-28)20-12-14-21(15-13-20)37-18-7-17-33/h2-6,8-15,25,30,33H,7,16-19H2,1H3,(H,32,34)/t25-,28-/m0/s1. The van der Waals surface area contributed by atoms with E-state index in [1.165, 1.54) is 12.1 Å². The second kappa shape index (κ2) is 12.7. The number of carbonyl (C=O) groups is 1. The molecule has 3 aromatic rings. The number of nitrogens with zero attached hydrogens (tertiary/aromatic N) is 1. The number of hydrogen-bond donors (Lipinski definition) is 3. The first-order chi connectivity index (χ1) is 18.8. The molecule has 39 heavy (non-hydrogen) atoms. The number of aliphatic hydroxyl groups is 1. The third kappa shape index (κ3) is 6.50. The molecule has 11 heteroatoms. The van der Waals surface area contributed by atoms with E-state index < -0.39 is 27.4 Å². The summed E-state index contributed by atoms with van der Waals surface area (Å²) in [7, 11) is -2.17. The molecule has 9 nitrogen and oxygen atoms in total. The first-order valence-electron chi connectivity index (χ1n) is 12.4. The Kier molecular flexibility index (Phi) is 9.39. The van der Waals surface area contributed by atoms with Crippen LogP contribution in [0.2, 0.25) is 0 Å². The predicted molar refractivity (Wildman–Crippen MR) is 151 cm³/mol. The van der Waals surface area contributed by atoms with Crippen molar-refractivity contribution in [3.05, 3.63) is 94.5 Å². The molecule has 2 atom stereocenters. The molecule has 1 aliphatic heterocycles. The highest BCUT2D eigenvalue weighted by Gasteiger charge is 2.54. The number of aliphatic hydroxyl groups excluding tert-OH is 1. The van der Waals surface area contributed by atoms with Gasteiger partial charge in [0.15, 0.2) is 21.5 Å². The SMILES string of the molecule is CNNC(=O)[C@@]1(CCS(=O)(=O)c2ccccc2)N=C(c2ccc(OCCCO)cc2)O[C@H]1c1ccccc1Br. The Hall–Kier alpha value is -3.25. The van der Waals surface area contributed by atoms with Gasteiger partial charge in [0.2, 0.25) is 5.90 Å². The lowest BCUT2D eigenvalue weighted by molar-refractivity contribution is -0.130. The van der Waals surface area contributed by atoms with Crippen LogP contribution in [0.4, 0.5) is 0 Å². The number of hydrazine groups is 1. The van der Waals surface area contributed by atoms with Crippen molar-refractivity contribution >= 4 is 37.6 Å². The Morgan fingerprint density at radius 3 is 2.44 bits per heavy atom. The highest BCUT2D eigenvalue weighted by molar-refractivity contribution is 9.10. The summed E-state index contributed by atoms with van der Waals surface area (Å²) in [6.07, 6.45) is -0.529. The second-order valence-electron chi connectivity index (χ2n) is 8.90. The van der Waals surface area contributed by atoms with Gasteiger partial charge in [-0.2, -0.15) is 0 Å². The van der Waals surface area contributed by atoms with Gasteiger partial charge in [-0.3, -0.25) is 10.2 Å². The van der Waals surface area contributed by atoms with Crippen LogP contribution < -0.4 is 15.6 Å². The van der Waals surface area contributed by atoms with E-state index in [2.05, 4.69) is 26.8 Å². The van der Waals surface area contributed by atoms with Crippen LogP contribution in [-0.2, 0) is 19.4 Å². The van der Waals surface area contributed by atoms with Gasteiger partial charge in [0, 0.05) is 42.1 Å². The summed E-state index contributed by atoms with van der Waals surface area (Å²) < 4.78 is 39.2. The van der Waals surface area contributed by atoms with E-state index in [0.717, 1.165) is 0 Å². The van der Waals surface area contributed by atoms with Crippen molar-refractivity contribution in [2.45, 2.75) is 29.4 Å². The highest BCUT2D eigenvalue weighted by atomic mass is 79.9. The molecule has 1 amide bonds. The fourth-order valence-corrected chi connectivity index (χ4v) is 6.17. The minimum atomic E-state index is -3.72. The summed E-state index contributed by atoms with van der Waals surface area (Å²) in [4.78, 5) is 18.6. The molecule has 1 heterocycles. The van der Waals surface area contributed by atoms with Crippen LogP contribution in [0.15, 0.2) is 93.2 Å². The van der Waals surface area contributed by atoms with E-state index in [0.29, 0.717) is 34.4 Å². The van der Waals surface area contributed by atoms with E-state index in [1.54, 1.807) is 49.5 Å². The quantitative estimate of drug-likeness (QED) is 0.210. The second-order valence-corrected chi connectivity index (χ2v) is 11.9. The lowest BCUT2D eigenvalue weighted by Gasteiger charge is -2.30. The molecule has 206 valence electrons. The van der Waals surface area contributed by atoms with Gasteiger partial charge in [0.1, 0.15) is 5.75 Å². The number of aliphatic imine (C=N–C) groups is 1. The number of halogens is 1. The van der Waals surface area contributed by atoms with Crippen molar-refractivity contribution in [2.24, 2.45) is 4.99 Å². The van der Waals surface area contributed by atoms with E-state index >= 15 is 0 Å². The summed E-state index contributed by atoms with van der Waals surface area (Å²) in [5, 5.41) is 8.97. The van der Waals surface area contributed by atoms with Crippen molar-refractivity contribution in [3.8, 4) is 5.75 Å². The molecule has 0 radical (unpaired) electrons. The molecular formula is C28H30BrN3O6S. The Morgan fingerprint density at radius 2 is 1.77 bits per heavy atom. The number of amides is 1. The van der Waals surface area contributed by atoms with Crippen molar-refractivity contribution in [3.63, 3.8) is 0 Å². The summed E-state index contributed by atoms with van der Waals surface area (Å²) in [5.41, 5.74) is 4.92. The molecule has 0 aromatic heterocycles. The minimum absolute atomic E-state index is 0.0376. The Bertz CT molecular complexity index is 1420. The first-order valence-corrected chi connectivity index (χ1v) is 14.9. The fourth-order valence-electron chi connectivity index (χ4n) is 4.29. The number of sulfone groups is 1. The van der Waals surface area contributed by atoms with Gasteiger partial charge in [0.25, 0.3) is 5.91 Å². The summed E-state index contributed by atoms with van der Waals surface area (Å²) in [5.74, 6) is -0.0253. The lowest BCUT2D eigenvalue weighted by Crippen LogP contribution is -2.52. The number of rotatable bonds is 12. The number of hydrogen-bond acceptors (Lipinski definition) is 8. The van der Waals surface area contributed by atoms with Gasteiger partial charge in [-0.25, -0.2) is 18.8 Å². The topological polar surface area (TPSA) is 126 Å². The zero-order valence-corrected chi connectivity index (χ0v) is 23.7. The molecule has 0 saturated heterocycles. The van der Waals surface area contributed by atoms with E-state index in [-0.39, 0.29) is 29.6 Å². The Labute approximate surface area is 236 Å². The van der Waals surface area contributed by atoms with Crippen LogP contribution in [0, 0.1) is 0 Å². The van der Waals surface area contributed by atoms with Gasteiger partial charge in [-0.05, 0) is 42.5 Å². The van der Waals surface area contributed by atoms with Crippen LogP contribution in [0.5, 0.6) is 5.75 Å². The molecule has 0 aliphatic carbocycles. The molecule has 0 bridgehead atoms. The maximum atomic E-state index is 13.7. The predicted octanol–water partition coefficient (Wildman–Crippen LogP) is 3.58. The highest BCUT2D eigenvalue weighted by Crippen LogP contribution is 2.45. The van der Waals surface area contributed by atoms with Crippen molar-refractivity contribution in [1.82, 2.24) is 10.9 Å². The number of benzene rings is 3. The smallest absolute Gasteiger partial charge is 0.266 e. The molecule has 3 N–H and O–H groups in total. The summed E-state index contributed by atoms with van der Waals surface area (Å²) in [6.45, 7) is 0.413. The molecule has 0 unspecified atom stereocenters. The zero-order valence-electron chi connectivity index (χ0n) is 21.3. The van der Waals surface area contributed by atoms with Gasteiger partial charge in [-0.1, -0.05) is 52.3 Å². The van der Waals surface area contributed by atoms with Gasteiger partial charge >= 0.3 is 0 Å². The summed E-state index contributed by atoms with van der Waals surface area (Å²) >= 11 is 3.56. The maximum absolute atomic E-state index is 13.7. The average molecular weight is 617 g/mol.